The van der Waals surface area contributed by atoms with Crippen molar-refractivity contribution in [3.63, 3.8) is 0 Å². The number of nitrogens with zero attached hydrogens (tertiary/aromatic N) is 7. The molecule has 0 spiro atoms. The fraction of sp³-hybridized carbons (Fsp3) is 0.294. The Bertz CT molecular complexity index is 991. The van der Waals surface area contributed by atoms with Crippen LogP contribution in [-0.2, 0) is 7.05 Å². The second-order valence-electron chi connectivity index (χ2n) is 6.57. The first-order valence-electron chi connectivity index (χ1n) is 8.55. The zero-order valence-electron chi connectivity index (χ0n) is 15.2. The highest BCUT2D eigenvalue weighted by Gasteiger charge is 2.40. The van der Waals surface area contributed by atoms with Crippen LogP contribution in [0.4, 0.5) is 20.4 Å². The normalized spacial score (nSPS) is 20.2. The van der Waals surface area contributed by atoms with E-state index in [1.165, 1.54) is 6.07 Å². The highest BCUT2D eigenvalue weighted by molar-refractivity contribution is 5.59. The van der Waals surface area contributed by atoms with Crippen molar-refractivity contribution in [2.75, 3.05) is 9.80 Å². The first-order valence-corrected chi connectivity index (χ1v) is 8.55. The maximum Gasteiger partial charge on any atom is 0.159 e. The van der Waals surface area contributed by atoms with E-state index in [4.69, 9.17) is 11.5 Å². The highest BCUT2D eigenvalue weighted by Crippen LogP contribution is 2.39. The Balaban J connectivity index is 1.84. The van der Waals surface area contributed by atoms with Crippen LogP contribution in [0.15, 0.2) is 37.2 Å². The van der Waals surface area contributed by atoms with Crippen LogP contribution in [-0.4, -0.2) is 30.8 Å². The lowest BCUT2D eigenvalue weighted by atomic mass is 10.1. The standard InChI is InChI=1S/C17H19F2N9/c1-9(15-22-5-11(19)6-23-15)27-16-12(3-10(18)4-24-16)14(20)28(17(27)21)13-7-26(2)8-25-13/h3-9,14,17H,20-21H2,1-2H3/t9-,14?,17?/m0/s1. The zero-order valence-corrected chi connectivity index (χ0v) is 15.2. The molecule has 9 nitrogen and oxygen atoms in total. The molecule has 28 heavy (non-hydrogen) atoms. The van der Waals surface area contributed by atoms with Gasteiger partial charge in [-0.2, -0.15) is 0 Å². The van der Waals surface area contributed by atoms with Gasteiger partial charge in [0, 0.05) is 18.8 Å². The van der Waals surface area contributed by atoms with Crippen LogP contribution in [0.25, 0.3) is 0 Å². The fourth-order valence-electron chi connectivity index (χ4n) is 3.34. The molecule has 146 valence electrons. The zero-order chi connectivity index (χ0) is 20.0. The molecule has 0 fully saturated rings. The minimum absolute atomic E-state index is 0.338. The van der Waals surface area contributed by atoms with Crippen molar-refractivity contribution in [3.8, 4) is 0 Å². The van der Waals surface area contributed by atoms with Gasteiger partial charge in [0.25, 0.3) is 0 Å². The van der Waals surface area contributed by atoms with Crippen molar-refractivity contribution in [3.05, 3.63) is 60.2 Å². The van der Waals surface area contributed by atoms with Gasteiger partial charge >= 0.3 is 0 Å². The van der Waals surface area contributed by atoms with Gasteiger partial charge in [0.15, 0.2) is 23.7 Å². The van der Waals surface area contributed by atoms with Gasteiger partial charge in [0.1, 0.15) is 17.8 Å². The second kappa shape index (κ2) is 6.77. The van der Waals surface area contributed by atoms with Gasteiger partial charge in [-0.05, 0) is 13.0 Å². The fourth-order valence-corrected chi connectivity index (χ4v) is 3.34. The van der Waals surface area contributed by atoms with Gasteiger partial charge in [0.2, 0.25) is 0 Å². The van der Waals surface area contributed by atoms with Crippen LogP contribution < -0.4 is 21.3 Å². The predicted molar refractivity (Wildman–Crippen MR) is 97.7 cm³/mol. The quantitative estimate of drug-likeness (QED) is 0.688. The van der Waals surface area contributed by atoms with E-state index in [1.54, 1.807) is 33.8 Å². The molecule has 0 amide bonds. The molecule has 0 aromatic carbocycles. The number of aryl methyl sites for hydroxylation is 1. The van der Waals surface area contributed by atoms with E-state index >= 15 is 0 Å². The van der Waals surface area contributed by atoms with Gasteiger partial charge in [-0.1, -0.05) is 0 Å². The number of nitrogens with two attached hydrogens (primary N) is 2. The van der Waals surface area contributed by atoms with Crippen molar-refractivity contribution >= 4 is 11.6 Å². The predicted octanol–water partition coefficient (Wildman–Crippen LogP) is 1.17. The molecule has 3 aromatic heterocycles. The lowest BCUT2D eigenvalue weighted by Gasteiger charge is -2.48. The van der Waals surface area contributed by atoms with E-state index in [1.807, 2.05) is 7.05 Å². The molecular formula is C17H19F2N9. The van der Waals surface area contributed by atoms with Gasteiger partial charge in [-0.3, -0.25) is 5.73 Å². The van der Waals surface area contributed by atoms with Crippen LogP contribution in [0, 0.1) is 11.6 Å². The number of hydrogen-bond donors (Lipinski definition) is 2. The highest BCUT2D eigenvalue weighted by atomic mass is 19.1. The summed E-state index contributed by atoms with van der Waals surface area (Å²) in [5.41, 5.74) is 13.4. The molecule has 3 aromatic rings. The average Bonchev–Trinajstić information content (AvgIpc) is 3.09. The van der Waals surface area contributed by atoms with E-state index in [2.05, 4.69) is 19.9 Å². The first kappa shape index (κ1) is 18.2. The van der Waals surface area contributed by atoms with Crippen molar-refractivity contribution in [1.29, 1.82) is 0 Å². The second-order valence-corrected chi connectivity index (χ2v) is 6.57. The van der Waals surface area contributed by atoms with Gasteiger partial charge in [-0.15, -0.1) is 0 Å². The summed E-state index contributed by atoms with van der Waals surface area (Å²) < 4.78 is 28.9. The van der Waals surface area contributed by atoms with Gasteiger partial charge in [0.05, 0.1) is 31.0 Å². The van der Waals surface area contributed by atoms with Crippen LogP contribution in [0.3, 0.4) is 0 Å². The van der Waals surface area contributed by atoms with Gasteiger partial charge < -0.3 is 20.1 Å². The lowest BCUT2D eigenvalue weighted by Crippen LogP contribution is -2.62. The van der Waals surface area contributed by atoms with Gasteiger partial charge in [-0.25, -0.2) is 28.7 Å². The monoisotopic (exact) mass is 387 g/mol. The van der Waals surface area contributed by atoms with E-state index in [-0.39, 0.29) is 0 Å². The molecule has 11 heteroatoms. The molecule has 1 aliphatic rings. The average molecular weight is 387 g/mol. The third kappa shape index (κ3) is 2.94. The summed E-state index contributed by atoms with van der Waals surface area (Å²) in [5.74, 6) is 0.210. The largest absolute Gasteiger partial charge is 0.338 e. The third-order valence-corrected chi connectivity index (χ3v) is 4.68. The van der Waals surface area contributed by atoms with E-state index in [0.717, 1.165) is 18.6 Å². The smallest absolute Gasteiger partial charge is 0.159 e. The molecule has 4 rings (SSSR count). The number of halogens is 2. The molecule has 1 aliphatic heterocycles. The summed E-state index contributed by atoms with van der Waals surface area (Å²) in [7, 11) is 1.82. The Morgan fingerprint density at radius 2 is 1.71 bits per heavy atom. The number of imidazole rings is 1. The summed E-state index contributed by atoms with van der Waals surface area (Å²) in [6.45, 7) is 1.80. The van der Waals surface area contributed by atoms with E-state index in [9.17, 15) is 8.78 Å². The van der Waals surface area contributed by atoms with Crippen molar-refractivity contribution in [1.82, 2.24) is 24.5 Å². The molecule has 0 saturated heterocycles. The summed E-state index contributed by atoms with van der Waals surface area (Å²) in [4.78, 5) is 20.0. The number of hydrogen-bond acceptors (Lipinski definition) is 8. The summed E-state index contributed by atoms with van der Waals surface area (Å²) in [6, 6.07) is 0.825. The Labute approximate surface area is 159 Å². The van der Waals surface area contributed by atoms with Crippen LogP contribution in [0.5, 0.6) is 0 Å². The minimum Gasteiger partial charge on any atom is -0.338 e. The maximum absolute atomic E-state index is 13.9. The molecule has 3 atom stereocenters. The molecule has 4 heterocycles. The van der Waals surface area contributed by atoms with Crippen LogP contribution in [0.2, 0.25) is 0 Å². The van der Waals surface area contributed by atoms with E-state index < -0.39 is 30.1 Å². The Hall–Kier alpha value is -3.18. The third-order valence-electron chi connectivity index (χ3n) is 4.68. The minimum atomic E-state index is -0.793. The maximum atomic E-state index is 13.9. The Kier molecular flexibility index (Phi) is 4.40. The first-order chi connectivity index (χ1) is 13.4. The van der Waals surface area contributed by atoms with Crippen LogP contribution in [0.1, 0.15) is 30.5 Å². The number of fused-ring (bicyclic) bond motifs is 1. The molecule has 2 unspecified atom stereocenters. The number of pyridine rings is 1. The summed E-state index contributed by atoms with van der Waals surface area (Å²) >= 11 is 0. The molecule has 0 saturated carbocycles. The topological polar surface area (TPSA) is 115 Å². The summed E-state index contributed by atoms with van der Waals surface area (Å²) in [6.07, 6.45) is 5.07. The van der Waals surface area contributed by atoms with Crippen LogP contribution >= 0.6 is 0 Å². The van der Waals surface area contributed by atoms with Crippen molar-refractivity contribution < 1.29 is 8.78 Å². The van der Waals surface area contributed by atoms with E-state index in [0.29, 0.717) is 23.0 Å². The molecule has 0 radical (unpaired) electrons. The molecular weight excluding hydrogens is 368 g/mol. The SMILES string of the molecule is C[C@@H](c1ncc(F)cn1)N1c2ncc(F)cc2C(N)N(c2cn(C)cn2)C1N. The number of rotatable bonds is 3. The lowest BCUT2D eigenvalue weighted by molar-refractivity contribution is 0.429. The number of aromatic nitrogens is 5. The molecule has 0 bridgehead atoms. The molecule has 4 N–H and O–H groups in total. The van der Waals surface area contributed by atoms with Crippen molar-refractivity contribution in [2.24, 2.45) is 18.5 Å². The summed E-state index contributed by atoms with van der Waals surface area (Å²) in [5, 5.41) is 0. The molecule has 0 aliphatic carbocycles. The van der Waals surface area contributed by atoms with Crippen molar-refractivity contribution in [2.45, 2.75) is 25.4 Å². The Morgan fingerprint density at radius 1 is 1.04 bits per heavy atom. The Morgan fingerprint density at radius 3 is 2.36 bits per heavy atom. The number of anilines is 2.